The molecule has 0 aliphatic heterocycles. The maximum Gasteiger partial charge on any atom is 0.335 e. The summed E-state index contributed by atoms with van der Waals surface area (Å²) in [7, 11) is 1.89. The van der Waals surface area contributed by atoms with E-state index in [1.807, 2.05) is 11.9 Å². The van der Waals surface area contributed by atoms with E-state index in [0.717, 1.165) is 18.4 Å². The Morgan fingerprint density at radius 3 is 2.41 bits per heavy atom. The highest BCUT2D eigenvalue weighted by Gasteiger charge is 2.21. The SMILES string of the molecule is CN(C(=O)CNCc1ccc(C(=O)O)cc1)C1CCCCC1. The third-order valence-corrected chi connectivity index (χ3v) is 4.32. The molecule has 1 aromatic rings. The summed E-state index contributed by atoms with van der Waals surface area (Å²) in [5, 5.41) is 12.0. The van der Waals surface area contributed by atoms with Crippen molar-refractivity contribution in [1.82, 2.24) is 10.2 Å². The number of amides is 1. The number of carbonyl (C=O) groups excluding carboxylic acids is 1. The van der Waals surface area contributed by atoms with Crippen molar-refractivity contribution in [2.24, 2.45) is 0 Å². The van der Waals surface area contributed by atoms with Crippen molar-refractivity contribution in [2.45, 2.75) is 44.7 Å². The number of rotatable bonds is 6. The van der Waals surface area contributed by atoms with Gasteiger partial charge in [-0.1, -0.05) is 31.4 Å². The van der Waals surface area contributed by atoms with Crippen LogP contribution in [0.3, 0.4) is 0 Å². The normalized spacial score (nSPS) is 15.5. The molecule has 0 aromatic heterocycles. The zero-order valence-corrected chi connectivity index (χ0v) is 13.0. The van der Waals surface area contributed by atoms with Crippen molar-refractivity contribution < 1.29 is 14.7 Å². The van der Waals surface area contributed by atoms with Gasteiger partial charge >= 0.3 is 5.97 Å². The Bertz CT molecular complexity index is 507. The van der Waals surface area contributed by atoms with Crippen LogP contribution in [0, 0.1) is 0 Å². The van der Waals surface area contributed by atoms with E-state index < -0.39 is 5.97 Å². The smallest absolute Gasteiger partial charge is 0.335 e. The number of likely N-dealkylation sites (N-methyl/N-ethyl adjacent to an activating group) is 1. The second-order valence-electron chi connectivity index (χ2n) is 5.90. The summed E-state index contributed by atoms with van der Waals surface area (Å²) in [5.41, 5.74) is 1.25. The average Bonchev–Trinajstić information content (AvgIpc) is 2.55. The molecule has 1 aliphatic carbocycles. The van der Waals surface area contributed by atoms with E-state index in [9.17, 15) is 9.59 Å². The molecule has 0 spiro atoms. The molecule has 0 radical (unpaired) electrons. The molecular weight excluding hydrogens is 280 g/mol. The van der Waals surface area contributed by atoms with Crippen molar-refractivity contribution in [3.05, 3.63) is 35.4 Å². The van der Waals surface area contributed by atoms with Gasteiger partial charge in [-0.3, -0.25) is 4.79 Å². The van der Waals surface area contributed by atoms with Crippen LogP contribution in [0.1, 0.15) is 48.0 Å². The van der Waals surface area contributed by atoms with Crippen LogP contribution < -0.4 is 5.32 Å². The summed E-state index contributed by atoms with van der Waals surface area (Å²) in [6.07, 6.45) is 5.93. The number of aromatic carboxylic acids is 1. The number of carboxylic acid groups (broad SMARTS) is 1. The summed E-state index contributed by atoms with van der Waals surface area (Å²) in [6, 6.07) is 7.08. The van der Waals surface area contributed by atoms with Gasteiger partial charge in [-0.05, 0) is 30.5 Å². The minimum Gasteiger partial charge on any atom is -0.478 e. The van der Waals surface area contributed by atoms with E-state index in [-0.39, 0.29) is 11.5 Å². The van der Waals surface area contributed by atoms with Gasteiger partial charge in [0.25, 0.3) is 0 Å². The fourth-order valence-electron chi connectivity index (χ4n) is 2.88. The Morgan fingerprint density at radius 2 is 1.82 bits per heavy atom. The summed E-state index contributed by atoms with van der Waals surface area (Å²) in [6.45, 7) is 0.873. The van der Waals surface area contributed by atoms with Crippen LogP contribution >= 0.6 is 0 Å². The van der Waals surface area contributed by atoms with E-state index in [0.29, 0.717) is 19.1 Å². The van der Waals surface area contributed by atoms with E-state index in [1.165, 1.54) is 19.3 Å². The maximum atomic E-state index is 12.2. The molecule has 1 aromatic carbocycles. The highest BCUT2D eigenvalue weighted by molar-refractivity contribution is 5.87. The van der Waals surface area contributed by atoms with Gasteiger partial charge in [-0.25, -0.2) is 4.79 Å². The van der Waals surface area contributed by atoms with Gasteiger partial charge in [0.1, 0.15) is 0 Å². The van der Waals surface area contributed by atoms with Crippen LogP contribution in [-0.4, -0.2) is 41.5 Å². The first-order valence-electron chi connectivity index (χ1n) is 7.86. The topological polar surface area (TPSA) is 69.6 Å². The van der Waals surface area contributed by atoms with Gasteiger partial charge in [0, 0.05) is 19.6 Å². The van der Waals surface area contributed by atoms with Crippen molar-refractivity contribution in [3.8, 4) is 0 Å². The summed E-state index contributed by atoms with van der Waals surface area (Å²) >= 11 is 0. The van der Waals surface area contributed by atoms with Crippen molar-refractivity contribution >= 4 is 11.9 Å². The molecule has 0 atom stereocenters. The van der Waals surface area contributed by atoms with Crippen LogP contribution in [0.2, 0.25) is 0 Å². The number of nitrogens with zero attached hydrogens (tertiary/aromatic N) is 1. The molecule has 2 N–H and O–H groups in total. The number of carbonyl (C=O) groups is 2. The van der Waals surface area contributed by atoms with Crippen molar-refractivity contribution in [2.75, 3.05) is 13.6 Å². The molecule has 1 aliphatic rings. The van der Waals surface area contributed by atoms with Gasteiger partial charge in [0.15, 0.2) is 0 Å². The van der Waals surface area contributed by atoms with Gasteiger partial charge in [-0.15, -0.1) is 0 Å². The van der Waals surface area contributed by atoms with Gasteiger partial charge in [0.2, 0.25) is 5.91 Å². The molecular formula is C17H24N2O3. The second kappa shape index (κ2) is 7.94. The summed E-state index contributed by atoms with van der Waals surface area (Å²) in [5.74, 6) is -0.808. The third kappa shape index (κ3) is 4.56. The molecule has 1 amide bonds. The van der Waals surface area contributed by atoms with Gasteiger partial charge in [0.05, 0.1) is 12.1 Å². The van der Waals surface area contributed by atoms with Crippen LogP contribution in [0.25, 0.3) is 0 Å². The van der Waals surface area contributed by atoms with Crippen LogP contribution in [0.15, 0.2) is 24.3 Å². The monoisotopic (exact) mass is 304 g/mol. The van der Waals surface area contributed by atoms with E-state index in [1.54, 1.807) is 24.3 Å². The summed E-state index contributed by atoms with van der Waals surface area (Å²) < 4.78 is 0. The fourth-order valence-corrected chi connectivity index (χ4v) is 2.88. The number of nitrogens with one attached hydrogen (secondary N) is 1. The average molecular weight is 304 g/mol. The number of hydrogen-bond acceptors (Lipinski definition) is 3. The van der Waals surface area contributed by atoms with E-state index in [2.05, 4.69) is 5.32 Å². The molecule has 22 heavy (non-hydrogen) atoms. The number of carboxylic acids is 1. The largest absolute Gasteiger partial charge is 0.478 e. The fraction of sp³-hybridized carbons (Fsp3) is 0.529. The first kappa shape index (κ1) is 16.5. The summed E-state index contributed by atoms with van der Waals surface area (Å²) in [4.78, 5) is 24.8. The second-order valence-corrected chi connectivity index (χ2v) is 5.90. The molecule has 0 unspecified atom stereocenters. The van der Waals surface area contributed by atoms with Crippen LogP contribution in [0.4, 0.5) is 0 Å². The predicted molar refractivity (Wildman–Crippen MR) is 84.8 cm³/mol. The van der Waals surface area contributed by atoms with Crippen molar-refractivity contribution in [3.63, 3.8) is 0 Å². The Labute approximate surface area is 131 Å². The standard InChI is InChI=1S/C17H24N2O3/c1-19(15-5-3-2-4-6-15)16(20)12-18-11-13-7-9-14(10-8-13)17(21)22/h7-10,15,18H,2-6,11-12H2,1H3,(H,21,22). The van der Waals surface area contributed by atoms with Crippen molar-refractivity contribution in [1.29, 1.82) is 0 Å². The predicted octanol–water partition coefficient (Wildman–Crippen LogP) is 2.27. The first-order chi connectivity index (χ1) is 10.6. The molecule has 1 saturated carbocycles. The highest BCUT2D eigenvalue weighted by Crippen LogP contribution is 2.21. The van der Waals surface area contributed by atoms with E-state index in [4.69, 9.17) is 5.11 Å². The maximum absolute atomic E-state index is 12.2. The number of hydrogen-bond donors (Lipinski definition) is 2. The molecule has 5 nitrogen and oxygen atoms in total. The molecule has 0 heterocycles. The lowest BCUT2D eigenvalue weighted by Crippen LogP contribution is -2.42. The van der Waals surface area contributed by atoms with Crippen LogP contribution in [-0.2, 0) is 11.3 Å². The lowest BCUT2D eigenvalue weighted by Gasteiger charge is -2.31. The molecule has 2 rings (SSSR count). The van der Waals surface area contributed by atoms with Crippen LogP contribution in [0.5, 0.6) is 0 Å². The Balaban J connectivity index is 1.75. The first-order valence-corrected chi connectivity index (χ1v) is 7.86. The highest BCUT2D eigenvalue weighted by atomic mass is 16.4. The Kier molecular flexibility index (Phi) is 5.95. The zero-order chi connectivity index (χ0) is 15.9. The van der Waals surface area contributed by atoms with Gasteiger partial charge in [-0.2, -0.15) is 0 Å². The molecule has 0 saturated heterocycles. The zero-order valence-electron chi connectivity index (χ0n) is 13.0. The molecule has 1 fully saturated rings. The number of benzene rings is 1. The lowest BCUT2D eigenvalue weighted by molar-refractivity contribution is -0.131. The molecule has 5 heteroatoms. The Morgan fingerprint density at radius 1 is 1.18 bits per heavy atom. The minimum atomic E-state index is -0.927. The molecule has 0 bridgehead atoms. The Hall–Kier alpha value is -1.88. The quantitative estimate of drug-likeness (QED) is 0.846. The minimum absolute atomic E-state index is 0.119. The third-order valence-electron chi connectivity index (χ3n) is 4.32. The van der Waals surface area contributed by atoms with Gasteiger partial charge < -0.3 is 15.3 Å². The molecule has 120 valence electrons. The van der Waals surface area contributed by atoms with E-state index >= 15 is 0 Å². The lowest BCUT2D eigenvalue weighted by atomic mass is 9.94.